The van der Waals surface area contributed by atoms with Crippen molar-refractivity contribution in [2.24, 2.45) is 0 Å². The fourth-order valence-corrected chi connectivity index (χ4v) is 3.97. The number of nitrogens with zero attached hydrogens (tertiary/aromatic N) is 4. The van der Waals surface area contributed by atoms with E-state index < -0.39 is 0 Å². The number of aryl methyl sites for hydroxylation is 1. The number of ether oxygens (including phenoxy) is 1. The third-order valence-electron chi connectivity index (χ3n) is 5.77. The number of carbonyl (C=O) groups excluding carboxylic acids is 2. The molecule has 3 aromatic heterocycles. The summed E-state index contributed by atoms with van der Waals surface area (Å²) in [5, 5.41) is 11.0. The Kier molecular flexibility index (Phi) is 6.13. The molecule has 35 heavy (non-hydrogen) atoms. The van der Waals surface area contributed by atoms with Gasteiger partial charge in [-0.05, 0) is 57.0 Å². The van der Waals surface area contributed by atoms with E-state index in [9.17, 15) is 9.59 Å². The van der Waals surface area contributed by atoms with Crippen molar-refractivity contribution in [2.75, 3.05) is 18.5 Å². The number of nitrogens with one attached hydrogen (secondary N) is 2. The summed E-state index contributed by atoms with van der Waals surface area (Å²) in [6.45, 7) is 4.16. The molecule has 0 atom stereocenters. The van der Waals surface area contributed by atoms with Crippen LogP contribution in [0.3, 0.4) is 0 Å². The number of rotatable bonds is 8. The number of benzene rings is 1. The van der Waals surface area contributed by atoms with Gasteiger partial charge in [-0.1, -0.05) is 12.1 Å². The van der Waals surface area contributed by atoms with Gasteiger partial charge in [-0.25, -0.2) is 9.97 Å². The summed E-state index contributed by atoms with van der Waals surface area (Å²) in [6.07, 6.45) is 3.82. The van der Waals surface area contributed by atoms with Crippen LogP contribution < -0.4 is 15.4 Å². The van der Waals surface area contributed by atoms with E-state index in [-0.39, 0.29) is 18.4 Å². The Labute approximate surface area is 202 Å². The molecule has 0 bridgehead atoms. The molecule has 0 aliphatic heterocycles. The highest BCUT2D eigenvalue weighted by atomic mass is 16.5. The van der Waals surface area contributed by atoms with E-state index >= 15 is 0 Å². The molecule has 0 radical (unpaired) electrons. The minimum absolute atomic E-state index is 0.0904. The molecule has 9 heteroatoms. The zero-order valence-corrected chi connectivity index (χ0v) is 19.6. The maximum absolute atomic E-state index is 13.5. The first-order valence-electron chi connectivity index (χ1n) is 11.7. The van der Waals surface area contributed by atoms with Crippen molar-refractivity contribution in [3.63, 3.8) is 0 Å². The number of aromatic nitrogens is 4. The molecule has 3 heterocycles. The summed E-state index contributed by atoms with van der Waals surface area (Å²) in [4.78, 5) is 34.5. The molecule has 4 aromatic rings. The number of amides is 2. The predicted octanol–water partition coefficient (Wildman–Crippen LogP) is 3.77. The second kappa shape index (κ2) is 9.54. The SMILES string of the molecule is CCNC(=O)COc1cccc(NC(=O)c2cc(C3CC3)nc3c2c(C)nn3-c2ccccn2)c1. The largest absolute Gasteiger partial charge is 0.484 e. The summed E-state index contributed by atoms with van der Waals surface area (Å²) in [5.41, 5.74) is 3.29. The van der Waals surface area contributed by atoms with Crippen LogP contribution in [0.5, 0.6) is 5.75 Å². The number of hydrogen-bond donors (Lipinski definition) is 2. The average molecular weight is 471 g/mol. The quantitative estimate of drug-likeness (QED) is 0.406. The van der Waals surface area contributed by atoms with Gasteiger partial charge < -0.3 is 15.4 Å². The van der Waals surface area contributed by atoms with Crippen molar-refractivity contribution >= 4 is 28.5 Å². The van der Waals surface area contributed by atoms with Gasteiger partial charge in [0.05, 0.1) is 16.6 Å². The topological polar surface area (TPSA) is 111 Å². The normalized spacial score (nSPS) is 13.0. The highest BCUT2D eigenvalue weighted by Crippen LogP contribution is 2.40. The van der Waals surface area contributed by atoms with Gasteiger partial charge in [0.2, 0.25) is 0 Å². The Morgan fingerprint density at radius 1 is 1.14 bits per heavy atom. The standard InChI is InChI=1S/C26H26N6O3/c1-3-27-23(33)15-35-19-8-6-7-18(13-19)29-26(34)20-14-21(17-10-11-17)30-25-24(20)16(2)31-32(25)22-9-4-5-12-28-22/h4-9,12-14,17H,3,10-11,15H2,1-2H3,(H,27,33)(H,29,34). The highest BCUT2D eigenvalue weighted by molar-refractivity contribution is 6.13. The second-order valence-corrected chi connectivity index (χ2v) is 8.48. The minimum Gasteiger partial charge on any atom is -0.484 e. The Bertz CT molecular complexity index is 1400. The maximum atomic E-state index is 13.5. The third kappa shape index (κ3) is 4.84. The summed E-state index contributed by atoms with van der Waals surface area (Å²) in [5.74, 6) is 1.03. The van der Waals surface area contributed by atoms with Gasteiger partial charge in [-0.2, -0.15) is 9.78 Å². The zero-order chi connectivity index (χ0) is 24.4. The molecular weight excluding hydrogens is 444 g/mol. The highest BCUT2D eigenvalue weighted by Gasteiger charge is 2.29. The van der Waals surface area contributed by atoms with Crippen molar-refractivity contribution < 1.29 is 14.3 Å². The van der Waals surface area contributed by atoms with Crippen LogP contribution in [0.4, 0.5) is 5.69 Å². The fraction of sp³-hybridized carbons (Fsp3) is 0.269. The van der Waals surface area contributed by atoms with E-state index in [1.807, 2.05) is 38.1 Å². The molecule has 0 spiro atoms. The summed E-state index contributed by atoms with van der Waals surface area (Å²) in [6, 6.07) is 14.5. The molecule has 9 nitrogen and oxygen atoms in total. The lowest BCUT2D eigenvalue weighted by molar-refractivity contribution is -0.122. The molecule has 1 saturated carbocycles. The van der Waals surface area contributed by atoms with Gasteiger partial charge in [0, 0.05) is 36.1 Å². The number of likely N-dealkylation sites (N-methyl/N-ethyl adjacent to an activating group) is 1. The van der Waals surface area contributed by atoms with Gasteiger partial charge in [0.25, 0.3) is 11.8 Å². The van der Waals surface area contributed by atoms with E-state index in [2.05, 4.69) is 20.7 Å². The number of hydrogen-bond acceptors (Lipinski definition) is 6. The van der Waals surface area contributed by atoms with Crippen molar-refractivity contribution in [3.05, 3.63) is 71.7 Å². The van der Waals surface area contributed by atoms with Crippen molar-refractivity contribution in [3.8, 4) is 11.6 Å². The monoisotopic (exact) mass is 470 g/mol. The Hall–Kier alpha value is -4.27. The van der Waals surface area contributed by atoms with Crippen LogP contribution in [0.1, 0.15) is 47.4 Å². The van der Waals surface area contributed by atoms with E-state index in [0.717, 1.165) is 18.5 Å². The predicted molar refractivity (Wildman–Crippen MR) is 132 cm³/mol. The lowest BCUT2D eigenvalue weighted by atomic mass is 10.1. The van der Waals surface area contributed by atoms with Gasteiger partial charge in [0.1, 0.15) is 5.75 Å². The van der Waals surface area contributed by atoms with Crippen LogP contribution in [0.2, 0.25) is 0 Å². The number of fused-ring (bicyclic) bond motifs is 1. The molecule has 5 rings (SSSR count). The van der Waals surface area contributed by atoms with E-state index in [4.69, 9.17) is 9.72 Å². The van der Waals surface area contributed by atoms with Crippen LogP contribution in [0, 0.1) is 6.92 Å². The molecule has 1 aliphatic rings. The number of pyridine rings is 2. The summed E-state index contributed by atoms with van der Waals surface area (Å²) in [7, 11) is 0. The molecule has 1 aliphatic carbocycles. The maximum Gasteiger partial charge on any atom is 0.257 e. The average Bonchev–Trinajstić information content (AvgIpc) is 3.67. The van der Waals surface area contributed by atoms with Crippen LogP contribution in [-0.2, 0) is 4.79 Å². The lowest BCUT2D eigenvalue weighted by Gasteiger charge is -2.11. The van der Waals surface area contributed by atoms with E-state index in [0.29, 0.717) is 52.0 Å². The molecule has 0 saturated heterocycles. The zero-order valence-electron chi connectivity index (χ0n) is 19.6. The molecule has 1 aromatic carbocycles. The smallest absolute Gasteiger partial charge is 0.257 e. The molecule has 2 amide bonds. The lowest BCUT2D eigenvalue weighted by Crippen LogP contribution is -2.28. The van der Waals surface area contributed by atoms with Gasteiger partial charge in [-0.15, -0.1) is 0 Å². The molecule has 0 unspecified atom stereocenters. The first-order chi connectivity index (χ1) is 17.0. The first kappa shape index (κ1) is 22.5. The molecule has 2 N–H and O–H groups in total. The Morgan fingerprint density at radius 3 is 2.74 bits per heavy atom. The van der Waals surface area contributed by atoms with Crippen molar-refractivity contribution in [2.45, 2.75) is 32.6 Å². The van der Waals surface area contributed by atoms with Crippen LogP contribution in [0.25, 0.3) is 16.9 Å². The van der Waals surface area contributed by atoms with Crippen LogP contribution in [-0.4, -0.2) is 44.7 Å². The molecule has 1 fully saturated rings. The van der Waals surface area contributed by atoms with Gasteiger partial charge in [0.15, 0.2) is 18.1 Å². The number of carbonyl (C=O) groups is 2. The fourth-order valence-electron chi connectivity index (χ4n) is 3.97. The molecular formula is C26H26N6O3. The Morgan fingerprint density at radius 2 is 2.00 bits per heavy atom. The summed E-state index contributed by atoms with van der Waals surface area (Å²) < 4.78 is 7.25. The van der Waals surface area contributed by atoms with E-state index in [1.54, 1.807) is 35.1 Å². The van der Waals surface area contributed by atoms with Crippen molar-refractivity contribution in [1.29, 1.82) is 0 Å². The third-order valence-corrected chi connectivity index (χ3v) is 5.77. The van der Waals surface area contributed by atoms with Gasteiger partial charge >= 0.3 is 0 Å². The van der Waals surface area contributed by atoms with Gasteiger partial charge in [-0.3, -0.25) is 9.59 Å². The van der Waals surface area contributed by atoms with Crippen molar-refractivity contribution in [1.82, 2.24) is 25.1 Å². The Balaban J connectivity index is 1.47. The van der Waals surface area contributed by atoms with Crippen LogP contribution >= 0.6 is 0 Å². The summed E-state index contributed by atoms with van der Waals surface area (Å²) >= 11 is 0. The molecule has 178 valence electrons. The van der Waals surface area contributed by atoms with E-state index in [1.165, 1.54) is 0 Å². The minimum atomic E-state index is -0.260. The van der Waals surface area contributed by atoms with Crippen LogP contribution in [0.15, 0.2) is 54.7 Å². The first-order valence-corrected chi connectivity index (χ1v) is 11.7. The number of anilines is 1. The second-order valence-electron chi connectivity index (χ2n) is 8.48.